The van der Waals surface area contributed by atoms with Crippen LogP contribution in [-0.4, -0.2) is 6.54 Å². The van der Waals surface area contributed by atoms with E-state index in [4.69, 9.17) is 4.42 Å². The van der Waals surface area contributed by atoms with E-state index in [0.717, 1.165) is 35.6 Å². The molecule has 2 nitrogen and oxygen atoms in total. The van der Waals surface area contributed by atoms with E-state index in [-0.39, 0.29) is 0 Å². The lowest BCUT2D eigenvalue weighted by atomic mass is 9.92. The van der Waals surface area contributed by atoms with Gasteiger partial charge in [-0.3, -0.25) is 0 Å². The molecule has 0 radical (unpaired) electrons. The predicted octanol–water partition coefficient (Wildman–Crippen LogP) is 4.44. The molecule has 2 saturated carbocycles. The SMILES string of the molecule is CCNC(c1cc2cc(C)ccc2o1)C1CC2CC2C1. The summed E-state index contributed by atoms with van der Waals surface area (Å²) in [6.45, 7) is 5.33. The Hall–Kier alpha value is -1.28. The van der Waals surface area contributed by atoms with Crippen LogP contribution in [0.3, 0.4) is 0 Å². The summed E-state index contributed by atoms with van der Waals surface area (Å²) in [5.41, 5.74) is 2.32. The minimum absolute atomic E-state index is 0.403. The molecular formula is C18H23NO. The molecule has 20 heavy (non-hydrogen) atoms. The maximum atomic E-state index is 6.14. The summed E-state index contributed by atoms with van der Waals surface area (Å²) in [6, 6.07) is 9.10. The van der Waals surface area contributed by atoms with Gasteiger partial charge in [-0.1, -0.05) is 18.6 Å². The molecule has 1 aromatic carbocycles. The van der Waals surface area contributed by atoms with Gasteiger partial charge < -0.3 is 9.73 Å². The normalized spacial score (nSPS) is 29.6. The Morgan fingerprint density at radius 3 is 2.75 bits per heavy atom. The van der Waals surface area contributed by atoms with E-state index < -0.39 is 0 Å². The molecule has 1 N–H and O–H groups in total. The Labute approximate surface area is 120 Å². The highest BCUT2D eigenvalue weighted by Crippen LogP contribution is 2.57. The standard InChI is InChI=1S/C18H23NO/c1-3-19-18(15-8-12-7-13(12)9-15)17-10-14-6-11(2)4-5-16(14)20-17/h4-6,10,12-13,15,18-19H,3,7-9H2,1-2H3. The molecule has 2 aliphatic carbocycles. The molecular weight excluding hydrogens is 246 g/mol. The van der Waals surface area contributed by atoms with Crippen molar-refractivity contribution in [2.75, 3.05) is 6.54 Å². The minimum atomic E-state index is 0.403. The van der Waals surface area contributed by atoms with Crippen LogP contribution in [0, 0.1) is 24.7 Å². The molecule has 106 valence electrons. The van der Waals surface area contributed by atoms with Crippen molar-refractivity contribution in [1.29, 1.82) is 0 Å². The Bertz CT molecular complexity index is 619. The average Bonchev–Trinajstić information content (AvgIpc) is 2.87. The third-order valence-electron chi connectivity index (χ3n) is 5.17. The lowest BCUT2D eigenvalue weighted by Gasteiger charge is -2.23. The molecule has 1 heterocycles. The quantitative estimate of drug-likeness (QED) is 0.887. The number of hydrogen-bond acceptors (Lipinski definition) is 2. The number of rotatable bonds is 4. The van der Waals surface area contributed by atoms with E-state index in [9.17, 15) is 0 Å². The highest BCUT2D eigenvalue weighted by atomic mass is 16.3. The Kier molecular flexibility index (Phi) is 2.88. The van der Waals surface area contributed by atoms with Crippen molar-refractivity contribution >= 4 is 11.0 Å². The van der Waals surface area contributed by atoms with Crippen LogP contribution in [0.5, 0.6) is 0 Å². The van der Waals surface area contributed by atoms with Gasteiger partial charge in [0.15, 0.2) is 0 Å². The maximum absolute atomic E-state index is 6.14. The largest absolute Gasteiger partial charge is 0.459 e. The van der Waals surface area contributed by atoms with E-state index in [2.05, 4.69) is 43.4 Å². The summed E-state index contributed by atoms with van der Waals surface area (Å²) in [5.74, 6) is 3.94. The van der Waals surface area contributed by atoms with Crippen molar-refractivity contribution in [2.45, 2.75) is 39.2 Å². The fourth-order valence-corrected chi connectivity index (χ4v) is 4.09. The van der Waals surface area contributed by atoms with Crippen LogP contribution < -0.4 is 5.32 Å². The molecule has 2 fully saturated rings. The maximum Gasteiger partial charge on any atom is 0.134 e. The van der Waals surface area contributed by atoms with Crippen LogP contribution in [0.2, 0.25) is 0 Å². The molecule has 3 unspecified atom stereocenters. The Morgan fingerprint density at radius 2 is 2.00 bits per heavy atom. The average molecular weight is 269 g/mol. The highest BCUT2D eigenvalue weighted by Gasteiger charge is 2.48. The molecule has 0 amide bonds. The van der Waals surface area contributed by atoms with Crippen molar-refractivity contribution in [3.8, 4) is 0 Å². The van der Waals surface area contributed by atoms with Crippen molar-refractivity contribution in [3.05, 3.63) is 35.6 Å². The van der Waals surface area contributed by atoms with Crippen molar-refractivity contribution in [1.82, 2.24) is 5.32 Å². The lowest BCUT2D eigenvalue weighted by Crippen LogP contribution is -2.27. The number of hydrogen-bond donors (Lipinski definition) is 1. The molecule has 0 saturated heterocycles. The zero-order valence-corrected chi connectivity index (χ0v) is 12.4. The molecule has 0 spiro atoms. The number of benzene rings is 1. The first kappa shape index (κ1) is 12.5. The van der Waals surface area contributed by atoms with Crippen LogP contribution in [0.25, 0.3) is 11.0 Å². The molecule has 1 aromatic heterocycles. The van der Waals surface area contributed by atoms with Crippen LogP contribution >= 0.6 is 0 Å². The smallest absolute Gasteiger partial charge is 0.134 e. The predicted molar refractivity (Wildman–Crippen MR) is 81.7 cm³/mol. The summed E-state index contributed by atoms with van der Waals surface area (Å²) >= 11 is 0. The summed E-state index contributed by atoms with van der Waals surface area (Å²) in [4.78, 5) is 0. The van der Waals surface area contributed by atoms with Gasteiger partial charge in [0.2, 0.25) is 0 Å². The number of nitrogens with one attached hydrogen (secondary N) is 1. The van der Waals surface area contributed by atoms with E-state index in [1.165, 1.54) is 30.2 Å². The first-order chi connectivity index (χ1) is 9.74. The highest BCUT2D eigenvalue weighted by molar-refractivity contribution is 5.78. The minimum Gasteiger partial charge on any atom is -0.459 e. The fraction of sp³-hybridized carbons (Fsp3) is 0.556. The van der Waals surface area contributed by atoms with Gasteiger partial charge in [0.1, 0.15) is 11.3 Å². The van der Waals surface area contributed by atoms with E-state index in [1.54, 1.807) is 0 Å². The topological polar surface area (TPSA) is 25.2 Å². The van der Waals surface area contributed by atoms with Gasteiger partial charge in [-0.05, 0) is 68.7 Å². The van der Waals surface area contributed by atoms with Crippen molar-refractivity contribution < 1.29 is 4.42 Å². The summed E-state index contributed by atoms with van der Waals surface area (Å²) in [6.07, 6.45) is 4.26. The molecule has 0 bridgehead atoms. The second-order valence-corrected chi connectivity index (χ2v) is 6.71. The van der Waals surface area contributed by atoms with Gasteiger partial charge in [0, 0.05) is 5.39 Å². The van der Waals surface area contributed by atoms with Gasteiger partial charge in [-0.2, -0.15) is 0 Å². The lowest BCUT2D eigenvalue weighted by molar-refractivity contribution is 0.305. The Morgan fingerprint density at radius 1 is 1.20 bits per heavy atom. The first-order valence-electron chi connectivity index (χ1n) is 7.98. The van der Waals surface area contributed by atoms with E-state index >= 15 is 0 Å². The summed E-state index contributed by atoms with van der Waals surface area (Å²) in [5, 5.41) is 4.91. The molecule has 3 atom stereocenters. The van der Waals surface area contributed by atoms with Crippen LogP contribution in [0.15, 0.2) is 28.7 Å². The van der Waals surface area contributed by atoms with Crippen molar-refractivity contribution in [2.24, 2.45) is 17.8 Å². The first-order valence-corrected chi connectivity index (χ1v) is 7.98. The molecule has 2 aromatic rings. The third kappa shape index (κ3) is 2.07. The molecule has 4 rings (SSSR count). The molecule has 2 heteroatoms. The van der Waals surface area contributed by atoms with E-state index in [1.807, 2.05) is 0 Å². The second kappa shape index (κ2) is 4.63. The second-order valence-electron chi connectivity index (χ2n) is 6.71. The van der Waals surface area contributed by atoms with Crippen LogP contribution in [0.4, 0.5) is 0 Å². The monoisotopic (exact) mass is 269 g/mol. The summed E-state index contributed by atoms with van der Waals surface area (Å²) in [7, 11) is 0. The fourth-order valence-electron chi connectivity index (χ4n) is 4.09. The van der Waals surface area contributed by atoms with Crippen LogP contribution in [0.1, 0.15) is 43.6 Å². The molecule has 0 aliphatic heterocycles. The zero-order chi connectivity index (χ0) is 13.7. The number of fused-ring (bicyclic) bond motifs is 2. The third-order valence-corrected chi connectivity index (χ3v) is 5.17. The van der Waals surface area contributed by atoms with Gasteiger partial charge in [-0.25, -0.2) is 0 Å². The van der Waals surface area contributed by atoms with Crippen LogP contribution in [-0.2, 0) is 0 Å². The van der Waals surface area contributed by atoms with Gasteiger partial charge >= 0.3 is 0 Å². The van der Waals surface area contributed by atoms with Gasteiger partial charge in [0.25, 0.3) is 0 Å². The van der Waals surface area contributed by atoms with Gasteiger partial charge in [0.05, 0.1) is 6.04 Å². The summed E-state index contributed by atoms with van der Waals surface area (Å²) < 4.78 is 6.14. The molecule has 2 aliphatic rings. The number of furan rings is 1. The van der Waals surface area contributed by atoms with E-state index in [0.29, 0.717) is 6.04 Å². The van der Waals surface area contributed by atoms with Gasteiger partial charge in [-0.15, -0.1) is 0 Å². The van der Waals surface area contributed by atoms with Crippen molar-refractivity contribution in [3.63, 3.8) is 0 Å². The zero-order valence-electron chi connectivity index (χ0n) is 12.4. The number of aryl methyl sites for hydroxylation is 1. The Balaban J connectivity index is 1.66.